The van der Waals surface area contributed by atoms with Gasteiger partial charge >= 0.3 is 0 Å². The van der Waals surface area contributed by atoms with Crippen molar-refractivity contribution >= 4 is 34.7 Å². The van der Waals surface area contributed by atoms with Crippen molar-refractivity contribution in [3.8, 4) is 11.8 Å². The van der Waals surface area contributed by atoms with Gasteiger partial charge in [0, 0.05) is 0 Å². The van der Waals surface area contributed by atoms with Gasteiger partial charge in [0.2, 0.25) is 0 Å². The maximum Gasteiger partial charge on any atom is 0.281 e. The monoisotopic (exact) mass is 511 g/mol. The quantitative estimate of drug-likeness (QED) is 0.288. The van der Waals surface area contributed by atoms with Crippen molar-refractivity contribution in [3.05, 3.63) is 99.1 Å². The summed E-state index contributed by atoms with van der Waals surface area (Å²) in [6.45, 7) is -0.0307. The van der Waals surface area contributed by atoms with Gasteiger partial charge in [-0.25, -0.2) is 5.43 Å². The number of ether oxygens (including phenoxy) is 1. The number of carbonyl (C=O) groups excluding carboxylic acids is 1. The summed E-state index contributed by atoms with van der Waals surface area (Å²) in [5, 5.41) is 24.0. The minimum Gasteiger partial charge on any atom is -0.478 e. The summed E-state index contributed by atoms with van der Waals surface area (Å²) in [5.41, 5.74) is 2.17. The van der Waals surface area contributed by atoms with Crippen LogP contribution in [0.3, 0.4) is 0 Å². The van der Waals surface area contributed by atoms with Gasteiger partial charge in [-0.05, 0) is 57.5 Å². The Morgan fingerprint density at radius 3 is 2.23 bits per heavy atom. The highest BCUT2D eigenvalue weighted by atomic mass is 127. The van der Waals surface area contributed by atoms with E-state index in [4.69, 9.17) is 10.00 Å². The molecule has 3 aromatic carbocycles. The second kappa shape index (κ2) is 10.0. The van der Waals surface area contributed by atoms with Crippen LogP contribution in [0, 0.1) is 14.9 Å². The van der Waals surface area contributed by atoms with E-state index in [1.807, 2.05) is 24.3 Å². The van der Waals surface area contributed by atoms with Gasteiger partial charge < -0.3 is 9.84 Å². The number of hydrogen-bond donors (Lipinski definition) is 2. The number of nitrogens with one attached hydrogen (secondary N) is 1. The lowest BCUT2D eigenvalue weighted by molar-refractivity contribution is -0.136. The largest absolute Gasteiger partial charge is 0.478 e. The molecule has 30 heavy (non-hydrogen) atoms. The standard InChI is InChI=1S/C23H18IN3O3/c24-20-15-17(11-12-21(20)30-14-13-25)16-26-27-22(28)23(29,18-7-3-1-4-8-18)19-9-5-2-6-10-19/h1-12,15-16,29H,14H2,(H,27,28)/b26-16+. The number of benzene rings is 3. The van der Waals surface area contributed by atoms with E-state index in [-0.39, 0.29) is 6.61 Å². The van der Waals surface area contributed by atoms with Crippen LogP contribution in [-0.2, 0) is 10.4 Å². The van der Waals surface area contributed by atoms with Crippen LogP contribution in [0.25, 0.3) is 0 Å². The highest BCUT2D eigenvalue weighted by Crippen LogP contribution is 2.29. The maximum atomic E-state index is 13.0. The number of amides is 1. The van der Waals surface area contributed by atoms with Crippen molar-refractivity contribution in [2.75, 3.05) is 6.61 Å². The van der Waals surface area contributed by atoms with Gasteiger partial charge in [0.1, 0.15) is 11.8 Å². The lowest BCUT2D eigenvalue weighted by Crippen LogP contribution is -2.43. The predicted octanol–water partition coefficient (Wildman–Crippen LogP) is 3.58. The van der Waals surface area contributed by atoms with Crippen LogP contribution in [0.2, 0.25) is 0 Å². The lowest BCUT2D eigenvalue weighted by atomic mass is 9.85. The average Bonchev–Trinajstić information content (AvgIpc) is 2.79. The van der Waals surface area contributed by atoms with E-state index >= 15 is 0 Å². The Kier molecular flexibility index (Phi) is 7.17. The van der Waals surface area contributed by atoms with Crippen LogP contribution >= 0.6 is 22.6 Å². The van der Waals surface area contributed by atoms with E-state index in [9.17, 15) is 9.90 Å². The third kappa shape index (κ3) is 4.84. The Balaban J connectivity index is 1.80. The van der Waals surface area contributed by atoms with E-state index in [1.54, 1.807) is 60.7 Å². The fraction of sp³-hybridized carbons (Fsp3) is 0.0870. The SMILES string of the molecule is N#CCOc1ccc(/C=N/NC(=O)C(O)(c2ccccc2)c2ccccc2)cc1I. The molecule has 150 valence electrons. The Morgan fingerprint density at radius 2 is 1.70 bits per heavy atom. The van der Waals surface area contributed by atoms with Gasteiger partial charge in [-0.15, -0.1) is 0 Å². The first-order valence-electron chi connectivity index (χ1n) is 9.02. The molecule has 0 radical (unpaired) electrons. The molecular weight excluding hydrogens is 493 g/mol. The fourth-order valence-electron chi connectivity index (χ4n) is 2.86. The van der Waals surface area contributed by atoms with Crippen molar-refractivity contribution in [1.29, 1.82) is 5.26 Å². The van der Waals surface area contributed by atoms with Crippen LogP contribution in [0.15, 0.2) is 84.0 Å². The van der Waals surface area contributed by atoms with Gasteiger partial charge in [0.25, 0.3) is 5.91 Å². The van der Waals surface area contributed by atoms with E-state index in [0.29, 0.717) is 16.9 Å². The van der Waals surface area contributed by atoms with E-state index < -0.39 is 11.5 Å². The number of halogens is 1. The second-order valence-corrected chi connectivity index (χ2v) is 7.44. The van der Waals surface area contributed by atoms with Gasteiger partial charge in [0.15, 0.2) is 12.2 Å². The topological polar surface area (TPSA) is 94.7 Å². The normalized spacial score (nSPS) is 11.1. The third-order valence-corrected chi connectivity index (χ3v) is 5.18. The van der Waals surface area contributed by atoms with Crippen LogP contribution in [0.4, 0.5) is 0 Å². The van der Waals surface area contributed by atoms with Crippen molar-refractivity contribution < 1.29 is 14.6 Å². The molecule has 0 aliphatic rings. The number of nitrogens with zero attached hydrogens (tertiary/aromatic N) is 2. The second-order valence-electron chi connectivity index (χ2n) is 6.28. The highest BCUT2D eigenvalue weighted by molar-refractivity contribution is 14.1. The van der Waals surface area contributed by atoms with Crippen LogP contribution < -0.4 is 10.2 Å². The molecule has 3 rings (SSSR count). The molecule has 0 saturated heterocycles. The summed E-state index contributed by atoms with van der Waals surface area (Å²) >= 11 is 2.10. The molecule has 0 atom stereocenters. The molecule has 0 aliphatic heterocycles. The maximum absolute atomic E-state index is 13.0. The molecule has 0 spiro atoms. The number of rotatable bonds is 7. The molecule has 0 unspecified atom stereocenters. The minimum atomic E-state index is -1.89. The van der Waals surface area contributed by atoms with Crippen molar-refractivity contribution in [2.45, 2.75) is 5.60 Å². The molecule has 0 heterocycles. The Labute approximate surface area is 188 Å². The Hall–Kier alpha value is -3.22. The first-order valence-corrected chi connectivity index (χ1v) is 10.1. The first kappa shape index (κ1) is 21.5. The number of aliphatic hydroxyl groups is 1. The molecule has 3 aromatic rings. The number of hydrazone groups is 1. The Morgan fingerprint density at radius 1 is 1.10 bits per heavy atom. The van der Waals surface area contributed by atoms with E-state index in [2.05, 4.69) is 33.1 Å². The first-order chi connectivity index (χ1) is 14.6. The minimum absolute atomic E-state index is 0.0307. The summed E-state index contributed by atoms with van der Waals surface area (Å²) in [6, 6.07) is 24.7. The van der Waals surface area contributed by atoms with Crippen LogP contribution in [0.5, 0.6) is 5.75 Å². The summed E-state index contributed by atoms with van der Waals surface area (Å²) in [4.78, 5) is 13.0. The van der Waals surface area contributed by atoms with Gasteiger partial charge in [-0.3, -0.25) is 4.79 Å². The number of carbonyl (C=O) groups is 1. The van der Waals surface area contributed by atoms with Gasteiger partial charge in [0.05, 0.1) is 9.78 Å². The van der Waals surface area contributed by atoms with Crippen LogP contribution in [-0.4, -0.2) is 23.8 Å². The molecule has 2 N–H and O–H groups in total. The van der Waals surface area contributed by atoms with Crippen molar-refractivity contribution in [3.63, 3.8) is 0 Å². The zero-order chi connectivity index (χ0) is 21.4. The lowest BCUT2D eigenvalue weighted by Gasteiger charge is -2.27. The molecule has 0 fully saturated rings. The van der Waals surface area contributed by atoms with E-state index in [0.717, 1.165) is 9.13 Å². The molecule has 7 heteroatoms. The predicted molar refractivity (Wildman–Crippen MR) is 122 cm³/mol. The fourth-order valence-corrected chi connectivity index (χ4v) is 3.55. The molecular formula is C23H18IN3O3. The molecule has 6 nitrogen and oxygen atoms in total. The molecule has 0 bridgehead atoms. The molecule has 0 saturated carbocycles. The number of nitriles is 1. The molecule has 0 aliphatic carbocycles. The van der Waals surface area contributed by atoms with Gasteiger partial charge in [-0.2, -0.15) is 10.4 Å². The summed E-state index contributed by atoms with van der Waals surface area (Å²) in [7, 11) is 0. The summed E-state index contributed by atoms with van der Waals surface area (Å²) < 4.78 is 6.12. The third-order valence-electron chi connectivity index (χ3n) is 4.34. The summed E-state index contributed by atoms with van der Waals surface area (Å²) in [5.74, 6) is -0.0688. The van der Waals surface area contributed by atoms with Gasteiger partial charge in [-0.1, -0.05) is 60.7 Å². The average molecular weight is 511 g/mol. The Bertz CT molecular complexity index is 1040. The van der Waals surface area contributed by atoms with Crippen LogP contribution in [0.1, 0.15) is 16.7 Å². The zero-order valence-electron chi connectivity index (χ0n) is 15.8. The number of hydrogen-bond acceptors (Lipinski definition) is 5. The highest BCUT2D eigenvalue weighted by Gasteiger charge is 2.39. The molecule has 1 amide bonds. The van der Waals surface area contributed by atoms with Crippen molar-refractivity contribution in [2.24, 2.45) is 5.10 Å². The smallest absolute Gasteiger partial charge is 0.281 e. The molecule has 0 aromatic heterocycles. The van der Waals surface area contributed by atoms with Crippen molar-refractivity contribution in [1.82, 2.24) is 5.43 Å². The summed E-state index contributed by atoms with van der Waals surface area (Å²) in [6.07, 6.45) is 1.48. The van der Waals surface area contributed by atoms with E-state index in [1.165, 1.54) is 6.21 Å². The zero-order valence-corrected chi connectivity index (χ0v) is 18.0.